The number of carbonyl (C=O) groups excluding carboxylic acids is 1. The normalized spacial score (nSPS) is 13.7. The van der Waals surface area contributed by atoms with Crippen LogP contribution in [-0.4, -0.2) is 23.5 Å². The summed E-state index contributed by atoms with van der Waals surface area (Å²) in [6.07, 6.45) is 7.80. The molecule has 0 radical (unpaired) electrons. The number of hydrogen-bond acceptors (Lipinski definition) is 6. The number of nitrogens with zero attached hydrogens (tertiary/aromatic N) is 2. The number of nitriles is 1. The molecule has 0 aliphatic heterocycles. The van der Waals surface area contributed by atoms with E-state index in [2.05, 4.69) is 11.9 Å². The molecule has 3 rings (SSSR count). The highest BCUT2D eigenvalue weighted by molar-refractivity contribution is 6.01. The van der Waals surface area contributed by atoms with E-state index >= 15 is 0 Å². The summed E-state index contributed by atoms with van der Waals surface area (Å²) in [5.74, 6) is 0.630. The number of nitro groups is 1. The number of non-ortho nitro benzene ring substituents is 1. The standard InChI is InChI=1S/C27H29N3O5/c1-3-7-21-14-20(15-22(17-28)27(31)29-23-8-5-6-9-23)16-25(34-4-2)26(21)35-18-19-10-12-24(13-11-19)30(32)33/h3,10-16,23H,1,4-9,18H2,2H3,(H,29,31)/b22-15-. The lowest BCUT2D eigenvalue weighted by Crippen LogP contribution is -2.33. The van der Waals surface area contributed by atoms with Crippen LogP contribution in [0.5, 0.6) is 11.5 Å². The summed E-state index contributed by atoms with van der Waals surface area (Å²) in [6, 6.07) is 11.9. The first kappa shape index (κ1) is 25.5. The maximum absolute atomic E-state index is 12.6. The lowest BCUT2D eigenvalue weighted by molar-refractivity contribution is -0.384. The van der Waals surface area contributed by atoms with E-state index in [9.17, 15) is 20.2 Å². The Bertz CT molecular complexity index is 1140. The van der Waals surface area contributed by atoms with Gasteiger partial charge in [0.1, 0.15) is 18.2 Å². The van der Waals surface area contributed by atoms with Crippen LogP contribution in [0.15, 0.2) is 54.6 Å². The minimum atomic E-state index is -0.449. The maximum atomic E-state index is 12.6. The summed E-state index contributed by atoms with van der Waals surface area (Å²) in [5, 5.41) is 23.4. The first-order valence-corrected chi connectivity index (χ1v) is 11.6. The molecule has 0 atom stereocenters. The molecule has 182 valence electrons. The number of allylic oxidation sites excluding steroid dienone is 1. The van der Waals surface area contributed by atoms with Crippen molar-refractivity contribution in [2.45, 2.75) is 51.7 Å². The van der Waals surface area contributed by atoms with E-state index in [-0.39, 0.29) is 29.8 Å². The van der Waals surface area contributed by atoms with Crippen molar-refractivity contribution in [1.29, 1.82) is 5.26 Å². The van der Waals surface area contributed by atoms with Crippen LogP contribution in [0.2, 0.25) is 0 Å². The predicted octanol–water partition coefficient (Wildman–Crippen LogP) is 5.27. The molecule has 8 heteroatoms. The van der Waals surface area contributed by atoms with Gasteiger partial charge in [-0.1, -0.05) is 18.9 Å². The van der Waals surface area contributed by atoms with E-state index in [1.807, 2.05) is 19.1 Å². The van der Waals surface area contributed by atoms with Crippen molar-refractivity contribution in [1.82, 2.24) is 5.32 Å². The minimum Gasteiger partial charge on any atom is -0.490 e. The topological polar surface area (TPSA) is 114 Å². The number of hydrogen-bond donors (Lipinski definition) is 1. The van der Waals surface area contributed by atoms with Gasteiger partial charge in [-0.15, -0.1) is 6.58 Å². The van der Waals surface area contributed by atoms with E-state index < -0.39 is 4.92 Å². The summed E-state index contributed by atoms with van der Waals surface area (Å²) in [5.41, 5.74) is 2.24. The molecule has 1 N–H and O–H groups in total. The molecule has 0 saturated heterocycles. The zero-order valence-electron chi connectivity index (χ0n) is 19.8. The third-order valence-corrected chi connectivity index (χ3v) is 5.71. The molecule has 2 aromatic rings. The lowest BCUT2D eigenvalue weighted by atomic mass is 10.0. The fraction of sp³-hybridized carbons (Fsp3) is 0.333. The maximum Gasteiger partial charge on any atom is 0.269 e. The number of rotatable bonds is 11. The summed E-state index contributed by atoms with van der Waals surface area (Å²) >= 11 is 0. The Morgan fingerprint density at radius 2 is 1.97 bits per heavy atom. The Hall–Kier alpha value is -4.12. The van der Waals surface area contributed by atoms with Gasteiger partial charge in [0.25, 0.3) is 11.6 Å². The van der Waals surface area contributed by atoms with Crippen LogP contribution < -0.4 is 14.8 Å². The van der Waals surface area contributed by atoms with Gasteiger partial charge in [0.2, 0.25) is 0 Å². The minimum absolute atomic E-state index is 0.0116. The Labute approximate surface area is 205 Å². The fourth-order valence-electron chi connectivity index (χ4n) is 4.02. The molecular weight excluding hydrogens is 446 g/mol. The van der Waals surface area contributed by atoms with Gasteiger partial charge in [-0.2, -0.15) is 5.26 Å². The molecule has 0 heterocycles. The molecule has 0 spiro atoms. The molecule has 35 heavy (non-hydrogen) atoms. The highest BCUT2D eigenvalue weighted by atomic mass is 16.6. The Morgan fingerprint density at radius 1 is 1.26 bits per heavy atom. The van der Waals surface area contributed by atoms with Crippen LogP contribution in [-0.2, 0) is 17.8 Å². The summed E-state index contributed by atoms with van der Waals surface area (Å²) in [4.78, 5) is 23.1. The molecule has 1 amide bonds. The highest BCUT2D eigenvalue weighted by Gasteiger charge is 2.20. The molecule has 1 aliphatic carbocycles. The van der Waals surface area contributed by atoms with Gasteiger partial charge in [0.05, 0.1) is 11.5 Å². The van der Waals surface area contributed by atoms with Crippen LogP contribution in [0.1, 0.15) is 49.3 Å². The zero-order chi connectivity index (χ0) is 25.2. The second kappa shape index (κ2) is 12.4. The van der Waals surface area contributed by atoms with E-state index in [0.29, 0.717) is 30.1 Å². The first-order valence-electron chi connectivity index (χ1n) is 11.6. The van der Waals surface area contributed by atoms with E-state index in [0.717, 1.165) is 36.8 Å². The fourth-order valence-corrected chi connectivity index (χ4v) is 4.02. The van der Waals surface area contributed by atoms with Gasteiger partial charge >= 0.3 is 0 Å². The van der Waals surface area contributed by atoms with Crippen LogP contribution >= 0.6 is 0 Å². The van der Waals surface area contributed by atoms with Crippen molar-refractivity contribution in [2.24, 2.45) is 0 Å². The van der Waals surface area contributed by atoms with Crippen molar-refractivity contribution >= 4 is 17.7 Å². The SMILES string of the molecule is C=CCc1cc(/C=C(/C#N)C(=O)NC2CCCC2)cc(OCC)c1OCc1ccc([N+](=O)[O-])cc1. The number of nitro benzene ring substituents is 1. The lowest BCUT2D eigenvalue weighted by Gasteiger charge is -2.17. The molecule has 8 nitrogen and oxygen atoms in total. The number of carbonyl (C=O) groups is 1. The van der Waals surface area contributed by atoms with Crippen LogP contribution in [0.25, 0.3) is 6.08 Å². The third-order valence-electron chi connectivity index (χ3n) is 5.71. The number of benzene rings is 2. The smallest absolute Gasteiger partial charge is 0.269 e. The number of nitrogens with one attached hydrogen (secondary N) is 1. The number of amides is 1. The van der Waals surface area contributed by atoms with Crippen molar-refractivity contribution in [2.75, 3.05) is 6.61 Å². The highest BCUT2D eigenvalue weighted by Crippen LogP contribution is 2.35. The molecule has 2 aromatic carbocycles. The summed E-state index contributed by atoms with van der Waals surface area (Å²) < 4.78 is 11.9. The van der Waals surface area contributed by atoms with Gasteiger partial charge in [0, 0.05) is 23.7 Å². The Kier molecular flexibility index (Phi) is 9.02. The Morgan fingerprint density at radius 3 is 2.57 bits per heavy atom. The molecule has 1 aliphatic rings. The van der Waals surface area contributed by atoms with Crippen molar-refractivity contribution < 1.29 is 19.2 Å². The van der Waals surface area contributed by atoms with Crippen molar-refractivity contribution in [3.05, 3.63) is 81.4 Å². The van der Waals surface area contributed by atoms with Gasteiger partial charge in [-0.25, -0.2) is 0 Å². The van der Waals surface area contributed by atoms with Crippen LogP contribution in [0.4, 0.5) is 5.69 Å². The van der Waals surface area contributed by atoms with Crippen LogP contribution in [0, 0.1) is 21.4 Å². The average Bonchev–Trinajstić information content (AvgIpc) is 3.35. The van der Waals surface area contributed by atoms with Crippen LogP contribution in [0.3, 0.4) is 0 Å². The van der Waals surface area contributed by atoms with Gasteiger partial charge in [-0.3, -0.25) is 14.9 Å². The van der Waals surface area contributed by atoms with E-state index in [1.165, 1.54) is 12.1 Å². The second-order valence-electron chi connectivity index (χ2n) is 8.27. The predicted molar refractivity (Wildman–Crippen MR) is 133 cm³/mol. The molecule has 0 aromatic heterocycles. The quantitative estimate of drug-likeness (QED) is 0.156. The molecular formula is C27H29N3O5. The van der Waals surface area contributed by atoms with Crippen molar-refractivity contribution in [3.8, 4) is 17.6 Å². The molecule has 0 bridgehead atoms. The molecule has 1 saturated carbocycles. The second-order valence-corrected chi connectivity index (χ2v) is 8.27. The van der Waals surface area contributed by atoms with Crippen molar-refractivity contribution in [3.63, 3.8) is 0 Å². The zero-order valence-corrected chi connectivity index (χ0v) is 19.8. The monoisotopic (exact) mass is 475 g/mol. The average molecular weight is 476 g/mol. The largest absolute Gasteiger partial charge is 0.490 e. The van der Waals surface area contributed by atoms with Gasteiger partial charge < -0.3 is 14.8 Å². The first-order chi connectivity index (χ1) is 16.9. The summed E-state index contributed by atoms with van der Waals surface area (Å²) in [7, 11) is 0. The van der Waals surface area contributed by atoms with Gasteiger partial charge in [0.15, 0.2) is 11.5 Å². The van der Waals surface area contributed by atoms with E-state index in [4.69, 9.17) is 9.47 Å². The van der Waals surface area contributed by atoms with Gasteiger partial charge in [-0.05, 0) is 67.7 Å². The Balaban J connectivity index is 1.87. The molecule has 0 unspecified atom stereocenters. The summed E-state index contributed by atoms with van der Waals surface area (Å²) in [6.45, 7) is 6.25. The number of ether oxygens (including phenoxy) is 2. The van der Waals surface area contributed by atoms with E-state index in [1.54, 1.807) is 30.4 Å². The third kappa shape index (κ3) is 6.93. The molecule has 1 fully saturated rings.